The molecule has 0 N–H and O–H groups in total. The van der Waals surface area contributed by atoms with Gasteiger partial charge in [-0.15, -0.1) is 0 Å². The van der Waals surface area contributed by atoms with Gasteiger partial charge in [-0.3, -0.25) is 4.79 Å². The van der Waals surface area contributed by atoms with Crippen molar-refractivity contribution in [3.05, 3.63) is 53.6 Å². The molecule has 0 bridgehead atoms. The Kier molecular flexibility index (Phi) is 2.22. The summed E-state index contributed by atoms with van der Waals surface area (Å²) < 4.78 is 4.81. The molecule has 0 saturated heterocycles. The molecule has 17 heavy (non-hydrogen) atoms. The first-order valence-electron chi connectivity index (χ1n) is 5.59. The van der Waals surface area contributed by atoms with Gasteiger partial charge in [0.15, 0.2) is 0 Å². The van der Waals surface area contributed by atoms with E-state index in [9.17, 15) is 4.79 Å². The third kappa shape index (κ3) is 1.45. The molecule has 2 aromatic rings. The summed E-state index contributed by atoms with van der Waals surface area (Å²) in [5.74, 6) is -0.449. The van der Waals surface area contributed by atoms with Gasteiger partial charge in [-0.2, -0.15) is 0 Å². The molecule has 1 aliphatic carbocycles. The van der Waals surface area contributed by atoms with Crippen LogP contribution in [0, 0.1) is 0 Å². The molecule has 3 rings (SSSR count). The van der Waals surface area contributed by atoms with E-state index in [-0.39, 0.29) is 11.9 Å². The Morgan fingerprint density at radius 3 is 2.82 bits per heavy atom. The molecule has 0 aliphatic heterocycles. The number of ether oxygens (including phenoxy) is 1. The van der Waals surface area contributed by atoms with E-state index >= 15 is 0 Å². The first kappa shape index (κ1) is 10.1. The molecule has 1 atom stereocenters. The van der Waals surface area contributed by atoms with Crippen LogP contribution in [0.4, 0.5) is 0 Å². The highest BCUT2D eigenvalue weighted by molar-refractivity contribution is 5.97. The molecule has 0 heterocycles. The Morgan fingerprint density at radius 2 is 2.00 bits per heavy atom. The summed E-state index contributed by atoms with van der Waals surface area (Å²) in [6, 6.07) is 12.3. The molecular weight excluding hydrogens is 212 g/mol. The first-order chi connectivity index (χ1) is 8.31. The lowest BCUT2D eigenvalue weighted by Crippen LogP contribution is -2.10. The summed E-state index contributed by atoms with van der Waals surface area (Å²) in [7, 11) is 1.43. The third-order valence-electron chi connectivity index (χ3n) is 3.25. The molecule has 0 aromatic heterocycles. The quantitative estimate of drug-likeness (QED) is 0.696. The summed E-state index contributed by atoms with van der Waals surface area (Å²) in [5.41, 5.74) is 2.18. The van der Waals surface area contributed by atoms with Crippen molar-refractivity contribution in [3.63, 3.8) is 0 Å². The van der Waals surface area contributed by atoms with E-state index in [0.717, 1.165) is 11.1 Å². The number of rotatable bonds is 1. The largest absolute Gasteiger partial charge is 0.468 e. The minimum atomic E-state index is -0.250. The summed E-state index contributed by atoms with van der Waals surface area (Å²) in [6.45, 7) is 0. The van der Waals surface area contributed by atoms with Gasteiger partial charge in [0.2, 0.25) is 0 Å². The van der Waals surface area contributed by atoms with E-state index in [2.05, 4.69) is 18.2 Å². The predicted molar refractivity (Wildman–Crippen MR) is 67.7 cm³/mol. The number of hydrogen-bond acceptors (Lipinski definition) is 2. The maximum Gasteiger partial charge on any atom is 0.317 e. The van der Waals surface area contributed by atoms with Crippen molar-refractivity contribution in [1.82, 2.24) is 0 Å². The van der Waals surface area contributed by atoms with Crippen LogP contribution in [0.25, 0.3) is 16.8 Å². The predicted octanol–water partition coefficient (Wildman–Crippen LogP) is 3.12. The maximum absolute atomic E-state index is 11.6. The molecule has 2 aromatic carbocycles. The van der Waals surface area contributed by atoms with Crippen LogP contribution in [0.1, 0.15) is 17.0 Å². The van der Waals surface area contributed by atoms with Gasteiger partial charge in [-0.25, -0.2) is 0 Å². The highest BCUT2D eigenvalue weighted by atomic mass is 16.5. The second-order valence-corrected chi connectivity index (χ2v) is 4.15. The molecule has 0 spiro atoms. The molecule has 1 aliphatic rings. The third-order valence-corrected chi connectivity index (χ3v) is 3.25. The second kappa shape index (κ2) is 3.74. The van der Waals surface area contributed by atoms with Crippen LogP contribution >= 0.6 is 0 Å². The standard InChI is InChI=1S/C15H12O2/c1-17-15(16)14-9-8-12-11-5-3-2-4-10(11)6-7-13(12)14/h2-9,14H,1H3. The summed E-state index contributed by atoms with van der Waals surface area (Å²) in [4.78, 5) is 11.6. The fourth-order valence-corrected chi connectivity index (χ4v) is 2.40. The van der Waals surface area contributed by atoms with Gasteiger partial charge in [0.05, 0.1) is 7.11 Å². The zero-order chi connectivity index (χ0) is 11.8. The van der Waals surface area contributed by atoms with Crippen LogP contribution in [0.5, 0.6) is 0 Å². The van der Waals surface area contributed by atoms with Crippen molar-refractivity contribution in [3.8, 4) is 0 Å². The zero-order valence-electron chi connectivity index (χ0n) is 9.51. The molecule has 0 amide bonds. The molecular formula is C15H12O2. The fourth-order valence-electron chi connectivity index (χ4n) is 2.40. The summed E-state index contributed by atoms with van der Waals surface area (Å²) >= 11 is 0. The van der Waals surface area contributed by atoms with Gasteiger partial charge in [0, 0.05) is 0 Å². The number of benzene rings is 2. The molecule has 1 unspecified atom stereocenters. The molecule has 2 heteroatoms. The lowest BCUT2D eigenvalue weighted by atomic mass is 9.96. The van der Waals surface area contributed by atoms with Gasteiger partial charge in [0.25, 0.3) is 0 Å². The Hall–Kier alpha value is -2.09. The van der Waals surface area contributed by atoms with Crippen LogP contribution < -0.4 is 0 Å². The van der Waals surface area contributed by atoms with E-state index in [4.69, 9.17) is 4.74 Å². The SMILES string of the molecule is COC(=O)C1C=Cc2c1ccc1ccccc21. The number of fused-ring (bicyclic) bond motifs is 3. The average Bonchev–Trinajstić information content (AvgIpc) is 2.82. The topological polar surface area (TPSA) is 26.3 Å². The van der Waals surface area contributed by atoms with E-state index in [1.165, 1.54) is 17.9 Å². The minimum absolute atomic E-state index is 0.199. The Balaban J connectivity index is 2.21. The highest BCUT2D eigenvalue weighted by Crippen LogP contribution is 2.35. The van der Waals surface area contributed by atoms with E-state index in [1.54, 1.807) is 0 Å². The summed E-state index contributed by atoms with van der Waals surface area (Å²) in [6.07, 6.45) is 3.92. The Labute approximate surface area is 99.5 Å². The Bertz CT molecular complexity index is 626. The van der Waals surface area contributed by atoms with Crippen LogP contribution in [0.3, 0.4) is 0 Å². The van der Waals surface area contributed by atoms with Gasteiger partial charge in [-0.05, 0) is 21.9 Å². The number of methoxy groups -OCH3 is 1. The fraction of sp³-hybridized carbons (Fsp3) is 0.133. The number of esters is 1. The number of carbonyl (C=O) groups excluding carboxylic acids is 1. The van der Waals surface area contributed by atoms with Crippen molar-refractivity contribution >= 4 is 22.8 Å². The Morgan fingerprint density at radius 1 is 1.18 bits per heavy atom. The average molecular weight is 224 g/mol. The van der Waals surface area contributed by atoms with E-state index in [0.29, 0.717) is 0 Å². The second-order valence-electron chi connectivity index (χ2n) is 4.15. The van der Waals surface area contributed by atoms with Crippen molar-refractivity contribution < 1.29 is 9.53 Å². The van der Waals surface area contributed by atoms with Crippen molar-refractivity contribution in [2.45, 2.75) is 5.92 Å². The van der Waals surface area contributed by atoms with E-state index < -0.39 is 0 Å². The van der Waals surface area contributed by atoms with Gasteiger partial charge < -0.3 is 4.74 Å². The van der Waals surface area contributed by atoms with Crippen LogP contribution in [-0.4, -0.2) is 13.1 Å². The lowest BCUT2D eigenvalue weighted by molar-refractivity contribution is -0.141. The smallest absolute Gasteiger partial charge is 0.317 e. The molecule has 0 radical (unpaired) electrons. The number of hydrogen-bond donors (Lipinski definition) is 0. The number of carbonyl (C=O) groups is 1. The first-order valence-corrected chi connectivity index (χ1v) is 5.59. The zero-order valence-corrected chi connectivity index (χ0v) is 9.51. The van der Waals surface area contributed by atoms with Crippen molar-refractivity contribution in [2.24, 2.45) is 0 Å². The molecule has 0 fully saturated rings. The maximum atomic E-state index is 11.6. The normalized spacial score (nSPS) is 17.1. The van der Waals surface area contributed by atoms with Gasteiger partial charge >= 0.3 is 5.97 Å². The van der Waals surface area contributed by atoms with E-state index in [1.807, 2.05) is 30.4 Å². The lowest BCUT2D eigenvalue weighted by Gasteiger charge is -2.10. The summed E-state index contributed by atoms with van der Waals surface area (Å²) in [5, 5.41) is 2.38. The minimum Gasteiger partial charge on any atom is -0.468 e. The monoisotopic (exact) mass is 224 g/mol. The molecule has 84 valence electrons. The highest BCUT2D eigenvalue weighted by Gasteiger charge is 2.25. The van der Waals surface area contributed by atoms with Gasteiger partial charge in [0.1, 0.15) is 5.92 Å². The van der Waals surface area contributed by atoms with Gasteiger partial charge in [-0.1, -0.05) is 48.6 Å². The van der Waals surface area contributed by atoms with Crippen molar-refractivity contribution in [1.29, 1.82) is 0 Å². The molecule has 2 nitrogen and oxygen atoms in total. The van der Waals surface area contributed by atoms with Crippen LogP contribution in [0.15, 0.2) is 42.5 Å². The van der Waals surface area contributed by atoms with Crippen LogP contribution in [0.2, 0.25) is 0 Å². The molecule has 0 saturated carbocycles. The van der Waals surface area contributed by atoms with Crippen molar-refractivity contribution in [2.75, 3.05) is 7.11 Å². The van der Waals surface area contributed by atoms with Crippen LogP contribution in [-0.2, 0) is 9.53 Å².